The fraction of sp³-hybridized carbons (Fsp3) is 0.400. The van der Waals surface area contributed by atoms with Gasteiger partial charge in [0.1, 0.15) is 5.75 Å². The minimum absolute atomic E-state index is 0.126. The number of hydrogen-bond acceptors (Lipinski definition) is 1. The molecule has 0 spiro atoms. The van der Waals surface area contributed by atoms with E-state index in [0.717, 1.165) is 5.56 Å². The Kier molecular flexibility index (Phi) is 4.02. The molecule has 0 saturated heterocycles. The van der Waals surface area contributed by atoms with E-state index < -0.39 is 6.36 Å². The Bertz CT molecular complexity index is 336. The van der Waals surface area contributed by atoms with Gasteiger partial charge in [-0.25, -0.2) is 0 Å². The highest BCUT2D eigenvalue weighted by atomic mass is 79.9. The third-order valence-electron chi connectivity index (χ3n) is 1.97. The summed E-state index contributed by atoms with van der Waals surface area (Å²) >= 11 is 3.16. The van der Waals surface area contributed by atoms with Gasteiger partial charge in [0, 0.05) is 10.9 Å². The highest BCUT2D eigenvalue weighted by Crippen LogP contribution is 2.30. The molecule has 0 aliphatic carbocycles. The van der Waals surface area contributed by atoms with Crippen LogP contribution in [-0.2, 0) is 11.8 Å². The zero-order chi connectivity index (χ0) is 11.5. The first-order chi connectivity index (χ1) is 6.98. The molecule has 0 aromatic heterocycles. The lowest BCUT2D eigenvalue weighted by Gasteiger charge is -2.14. The third-order valence-corrected chi connectivity index (χ3v) is 2.53. The van der Waals surface area contributed by atoms with Gasteiger partial charge in [-0.05, 0) is 18.1 Å². The molecule has 0 fully saturated rings. The minimum atomic E-state index is -4.64. The van der Waals surface area contributed by atoms with Crippen LogP contribution in [0.25, 0.3) is 0 Å². The first-order valence-corrected chi connectivity index (χ1v) is 5.52. The lowest BCUT2D eigenvalue weighted by atomic mass is 10.1. The van der Waals surface area contributed by atoms with Crippen LogP contribution >= 0.6 is 15.9 Å². The van der Waals surface area contributed by atoms with Crippen molar-refractivity contribution in [2.75, 3.05) is 0 Å². The summed E-state index contributed by atoms with van der Waals surface area (Å²) in [7, 11) is 0. The Morgan fingerprint density at radius 3 is 2.47 bits per heavy atom. The maximum atomic E-state index is 12.1. The zero-order valence-corrected chi connectivity index (χ0v) is 9.65. The molecule has 0 aliphatic rings. The van der Waals surface area contributed by atoms with E-state index in [2.05, 4.69) is 20.7 Å². The summed E-state index contributed by atoms with van der Waals surface area (Å²) in [5.41, 5.74) is 1.41. The van der Waals surface area contributed by atoms with Crippen molar-refractivity contribution in [1.82, 2.24) is 0 Å². The van der Waals surface area contributed by atoms with Gasteiger partial charge < -0.3 is 4.74 Å². The molecule has 0 saturated carbocycles. The molecule has 84 valence electrons. The summed E-state index contributed by atoms with van der Waals surface area (Å²) in [4.78, 5) is 0. The lowest BCUT2D eigenvalue weighted by molar-refractivity contribution is -0.274. The molecular weight excluding hydrogens is 273 g/mol. The maximum absolute atomic E-state index is 12.1. The Labute approximate surface area is 94.4 Å². The second kappa shape index (κ2) is 4.88. The number of benzene rings is 1. The van der Waals surface area contributed by atoms with Crippen molar-refractivity contribution >= 4 is 15.9 Å². The first kappa shape index (κ1) is 12.4. The number of alkyl halides is 4. The topological polar surface area (TPSA) is 9.23 Å². The van der Waals surface area contributed by atoms with E-state index in [4.69, 9.17) is 0 Å². The Morgan fingerprint density at radius 2 is 2.00 bits per heavy atom. The molecule has 0 atom stereocenters. The van der Waals surface area contributed by atoms with Crippen molar-refractivity contribution in [3.05, 3.63) is 29.3 Å². The van der Waals surface area contributed by atoms with Gasteiger partial charge in [-0.3, -0.25) is 0 Å². The van der Waals surface area contributed by atoms with Crippen LogP contribution in [0.4, 0.5) is 13.2 Å². The standard InChI is InChI=1S/C10H10BrF3O/c1-2-7-4-3-5-9(8(7)6-11)15-10(12,13)14/h3-5H,2,6H2,1H3. The molecule has 0 bridgehead atoms. The first-order valence-electron chi connectivity index (χ1n) is 4.40. The predicted octanol–water partition coefficient (Wildman–Crippen LogP) is 4.04. The SMILES string of the molecule is CCc1cccc(OC(F)(F)F)c1CBr. The van der Waals surface area contributed by atoms with E-state index in [9.17, 15) is 13.2 Å². The largest absolute Gasteiger partial charge is 0.573 e. The highest BCUT2D eigenvalue weighted by Gasteiger charge is 2.32. The second-order valence-electron chi connectivity index (χ2n) is 2.93. The number of ether oxygens (including phenoxy) is 1. The second-order valence-corrected chi connectivity index (χ2v) is 3.49. The van der Waals surface area contributed by atoms with Crippen LogP contribution in [0.5, 0.6) is 5.75 Å². The quantitative estimate of drug-likeness (QED) is 0.761. The predicted molar refractivity (Wildman–Crippen MR) is 55.1 cm³/mol. The van der Waals surface area contributed by atoms with E-state index in [1.54, 1.807) is 12.1 Å². The normalized spacial score (nSPS) is 11.5. The summed E-state index contributed by atoms with van der Waals surface area (Å²) in [5, 5.41) is 0.350. The number of rotatable bonds is 3. The average Bonchev–Trinajstić information content (AvgIpc) is 2.15. The van der Waals surface area contributed by atoms with Crippen LogP contribution in [0, 0.1) is 0 Å². The fourth-order valence-corrected chi connectivity index (χ4v) is 1.95. The number of halogens is 4. The number of aryl methyl sites for hydroxylation is 1. The van der Waals surface area contributed by atoms with Gasteiger partial charge in [-0.2, -0.15) is 0 Å². The van der Waals surface area contributed by atoms with Crippen LogP contribution in [0.3, 0.4) is 0 Å². The van der Waals surface area contributed by atoms with Gasteiger partial charge in [0.15, 0.2) is 0 Å². The summed E-state index contributed by atoms with van der Waals surface area (Å²) in [5.74, 6) is -0.126. The Morgan fingerprint density at radius 1 is 1.33 bits per heavy atom. The summed E-state index contributed by atoms with van der Waals surface area (Å²) in [6, 6.07) is 4.68. The van der Waals surface area contributed by atoms with E-state index in [0.29, 0.717) is 17.3 Å². The lowest BCUT2D eigenvalue weighted by Crippen LogP contribution is -2.18. The van der Waals surface area contributed by atoms with Gasteiger partial charge in [-0.15, -0.1) is 13.2 Å². The molecule has 0 aliphatic heterocycles. The van der Waals surface area contributed by atoms with Crippen LogP contribution in [-0.4, -0.2) is 6.36 Å². The van der Waals surface area contributed by atoms with Gasteiger partial charge >= 0.3 is 6.36 Å². The molecule has 0 unspecified atom stereocenters. The van der Waals surface area contributed by atoms with E-state index in [1.807, 2.05) is 6.92 Å². The highest BCUT2D eigenvalue weighted by molar-refractivity contribution is 9.08. The molecule has 1 aromatic carbocycles. The molecule has 0 amide bonds. The summed E-state index contributed by atoms with van der Waals surface area (Å²) in [6.45, 7) is 1.89. The van der Waals surface area contributed by atoms with Crippen molar-refractivity contribution in [3.8, 4) is 5.75 Å². The smallest absolute Gasteiger partial charge is 0.405 e. The molecule has 15 heavy (non-hydrogen) atoms. The molecule has 1 nitrogen and oxygen atoms in total. The van der Waals surface area contributed by atoms with Crippen LogP contribution in [0.15, 0.2) is 18.2 Å². The minimum Gasteiger partial charge on any atom is -0.405 e. The average molecular weight is 283 g/mol. The van der Waals surface area contributed by atoms with Crippen LogP contribution in [0.2, 0.25) is 0 Å². The Hall–Kier alpha value is -0.710. The van der Waals surface area contributed by atoms with E-state index in [1.165, 1.54) is 6.07 Å². The maximum Gasteiger partial charge on any atom is 0.573 e. The van der Waals surface area contributed by atoms with Gasteiger partial charge in [0.05, 0.1) is 0 Å². The molecule has 1 aromatic rings. The van der Waals surface area contributed by atoms with E-state index in [-0.39, 0.29) is 5.75 Å². The molecule has 1 rings (SSSR count). The van der Waals surface area contributed by atoms with Crippen LogP contribution < -0.4 is 4.74 Å². The van der Waals surface area contributed by atoms with Crippen molar-refractivity contribution in [3.63, 3.8) is 0 Å². The van der Waals surface area contributed by atoms with Crippen molar-refractivity contribution in [2.24, 2.45) is 0 Å². The molecule has 0 N–H and O–H groups in total. The monoisotopic (exact) mass is 282 g/mol. The zero-order valence-electron chi connectivity index (χ0n) is 8.07. The van der Waals surface area contributed by atoms with Crippen molar-refractivity contribution in [2.45, 2.75) is 25.0 Å². The molecule has 0 heterocycles. The fourth-order valence-electron chi connectivity index (χ4n) is 1.31. The van der Waals surface area contributed by atoms with Crippen molar-refractivity contribution < 1.29 is 17.9 Å². The van der Waals surface area contributed by atoms with Crippen molar-refractivity contribution in [1.29, 1.82) is 0 Å². The summed E-state index contributed by atoms with van der Waals surface area (Å²) in [6.07, 6.45) is -3.96. The van der Waals surface area contributed by atoms with E-state index >= 15 is 0 Å². The van der Waals surface area contributed by atoms with Crippen LogP contribution in [0.1, 0.15) is 18.1 Å². The third kappa shape index (κ3) is 3.41. The van der Waals surface area contributed by atoms with Gasteiger partial charge in [0.25, 0.3) is 0 Å². The number of hydrogen-bond donors (Lipinski definition) is 0. The summed E-state index contributed by atoms with van der Waals surface area (Å²) < 4.78 is 40.1. The van der Waals surface area contributed by atoms with Gasteiger partial charge in [-0.1, -0.05) is 35.0 Å². The molecule has 5 heteroatoms. The van der Waals surface area contributed by atoms with Gasteiger partial charge in [0.2, 0.25) is 0 Å². The molecular formula is C10H10BrF3O. The molecule has 0 radical (unpaired) electrons. The Balaban J connectivity index is 3.06.